The van der Waals surface area contributed by atoms with Gasteiger partial charge in [0.1, 0.15) is 23.4 Å². The Labute approximate surface area is 268 Å². The molecule has 1 aromatic rings. The van der Waals surface area contributed by atoms with Crippen molar-refractivity contribution in [3.63, 3.8) is 0 Å². The first-order valence-electron chi connectivity index (χ1n) is 16.1. The van der Waals surface area contributed by atoms with Gasteiger partial charge in [0.15, 0.2) is 14.1 Å². The van der Waals surface area contributed by atoms with E-state index in [-0.39, 0.29) is 18.4 Å². The van der Waals surface area contributed by atoms with Gasteiger partial charge < -0.3 is 39.8 Å². The van der Waals surface area contributed by atoms with E-state index in [1.165, 1.54) is 26.0 Å². The molecule has 3 rings (SSSR count). The van der Waals surface area contributed by atoms with E-state index in [4.69, 9.17) is 9.16 Å². The van der Waals surface area contributed by atoms with E-state index >= 15 is 0 Å². The number of rotatable bonds is 12. The lowest BCUT2D eigenvalue weighted by molar-refractivity contribution is -0.277. The van der Waals surface area contributed by atoms with Gasteiger partial charge in [0, 0.05) is 24.2 Å². The monoisotopic (exact) mass is 650 g/mol. The molecule has 45 heavy (non-hydrogen) atoms. The van der Waals surface area contributed by atoms with Crippen LogP contribution in [0.2, 0.25) is 18.1 Å². The standard InChI is InChI=1S/C34H54O10Si/c1-9-45(10-2,11-3)44-26-17-25(38)33(41,20-35)27(32(26,8)28(39)22(5)36)29(43-30(40)23-15-13-12-14-16-23)34(42)19-24(37)21(4)18-31(34,6)7/h12-16,18,22,24-27,29,35-38,41-42H,9-11,17,19-20H2,1-8H3/t22-,24+,25+,26?,27?,29?,32-,33+,34-/m1/s1. The highest BCUT2D eigenvalue weighted by atomic mass is 28.4. The lowest BCUT2D eigenvalue weighted by Crippen LogP contribution is -2.76. The molecule has 0 saturated heterocycles. The van der Waals surface area contributed by atoms with Gasteiger partial charge in [-0.05, 0) is 56.6 Å². The molecule has 2 aliphatic rings. The molecule has 0 heterocycles. The van der Waals surface area contributed by atoms with Gasteiger partial charge in [-0.1, -0.05) is 58.9 Å². The molecule has 0 bridgehead atoms. The van der Waals surface area contributed by atoms with E-state index < -0.39 is 85.1 Å². The third-order valence-corrected chi connectivity index (χ3v) is 15.8. The zero-order valence-corrected chi connectivity index (χ0v) is 29.0. The maximum atomic E-state index is 14.4. The van der Waals surface area contributed by atoms with Crippen molar-refractivity contribution in [3.05, 3.63) is 47.5 Å². The van der Waals surface area contributed by atoms with Crippen molar-refractivity contribution in [2.45, 2.75) is 128 Å². The fourth-order valence-corrected chi connectivity index (χ4v) is 10.7. The second-order valence-electron chi connectivity index (χ2n) is 14.0. The van der Waals surface area contributed by atoms with Gasteiger partial charge in [0.2, 0.25) is 0 Å². The summed E-state index contributed by atoms with van der Waals surface area (Å²) < 4.78 is 13.0. The average molecular weight is 651 g/mol. The first kappa shape index (κ1) is 37.5. The third kappa shape index (κ3) is 6.47. The summed E-state index contributed by atoms with van der Waals surface area (Å²) >= 11 is 0. The summed E-state index contributed by atoms with van der Waals surface area (Å²) in [4.78, 5) is 28.2. The zero-order chi connectivity index (χ0) is 34.2. The predicted molar refractivity (Wildman–Crippen MR) is 172 cm³/mol. The van der Waals surface area contributed by atoms with Crippen LogP contribution in [0.3, 0.4) is 0 Å². The number of carbonyl (C=O) groups is 2. The van der Waals surface area contributed by atoms with Crippen molar-refractivity contribution >= 4 is 20.1 Å². The lowest BCUT2D eigenvalue weighted by atomic mass is 9.49. The molecule has 11 heteroatoms. The van der Waals surface area contributed by atoms with Crippen LogP contribution in [0.5, 0.6) is 0 Å². The average Bonchev–Trinajstić information content (AvgIpc) is 3.00. The smallest absolute Gasteiger partial charge is 0.338 e. The molecule has 1 fully saturated rings. The van der Waals surface area contributed by atoms with Crippen LogP contribution in [0.25, 0.3) is 0 Å². The molecule has 0 radical (unpaired) electrons. The quantitative estimate of drug-likeness (QED) is 0.112. The number of aliphatic hydroxyl groups excluding tert-OH is 4. The van der Waals surface area contributed by atoms with Crippen LogP contribution in [0.15, 0.2) is 42.0 Å². The number of benzene rings is 1. The van der Waals surface area contributed by atoms with Crippen LogP contribution < -0.4 is 0 Å². The maximum absolute atomic E-state index is 14.4. The zero-order valence-electron chi connectivity index (χ0n) is 28.0. The Morgan fingerprint density at radius 2 is 1.58 bits per heavy atom. The molecule has 0 aliphatic heterocycles. The fourth-order valence-electron chi connectivity index (χ4n) is 7.78. The Morgan fingerprint density at radius 3 is 2.07 bits per heavy atom. The van der Waals surface area contributed by atoms with Gasteiger partial charge in [0.05, 0.1) is 35.9 Å². The van der Waals surface area contributed by atoms with Gasteiger partial charge in [-0.3, -0.25) is 4.79 Å². The number of esters is 1. The normalized spacial score (nSPS) is 34.8. The number of Topliss-reactive ketones (excluding diaryl/α,β-unsaturated/α-hetero) is 1. The lowest BCUT2D eigenvalue weighted by Gasteiger charge is -2.62. The van der Waals surface area contributed by atoms with Crippen molar-refractivity contribution in [3.8, 4) is 0 Å². The van der Waals surface area contributed by atoms with E-state index in [9.17, 15) is 40.2 Å². The molecule has 10 nitrogen and oxygen atoms in total. The summed E-state index contributed by atoms with van der Waals surface area (Å²) in [6.45, 7) is 12.8. The van der Waals surface area contributed by atoms with E-state index in [2.05, 4.69) is 0 Å². The SMILES string of the molecule is CC[Si](CC)(CC)OC1C[C@H](O)[C@@](O)(CO)C(C(OC(=O)c2ccccc2)[C@]2(O)C[C@H](O)C(C)=CC2(C)C)[C@]1(C)C(=O)[C@@H](C)O. The molecule has 2 aliphatic carbocycles. The molecule has 0 amide bonds. The van der Waals surface area contributed by atoms with Crippen molar-refractivity contribution < 1.29 is 49.4 Å². The van der Waals surface area contributed by atoms with E-state index in [1.807, 2.05) is 20.8 Å². The van der Waals surface area contributed by atoms with Crippen molar-refractivity contribution in [2.24, 2.45) is 16.7 Å². The van der Waals surface area contributed by atoms with Crippen LogP contribution in [-0.2, 0) is 14.0 Å². The van der Waals surface area contributed by atoms with Crippen LogP contribution in [0.4, 0.5) is 0 Å². The minimum atomic E-state index is -2.52. The summed E-state index contributed by atoms with van der Waals surface area (Å²) in [5.41, 5.74) is -7.04. The van der Waals surface area contributed by atoms with Gasteiger partial charge in [0.25, 0.3) is 0 Å². The molecule has 6 N–H and O–H groups in total. The van der Waals surface area contributed by atoms with Crippen LogP contribution in [0, 0.1) is 16.7 Å². The summed E-state index contributed by atoms with van der Waals surface area (Å²) in [6.07, 6.45) is -6.20. The van der Waals surface area contributed by atoms with Crippen molar-refractivity contribution in [1.29, 1.82) is 0 Å². The Morgan fingerprint density at radius 1 is 1.02 bits per heavy atom. The van der Waals surface area contributed by atoms with Gasteiger partial charge in [-0.25, -0.2) is 4.79 Å². The molecule has 9 atom stereocenters. The molecule has 254 valence electrons. The number of hydrogen-bond acceptors (Lipinski definition) is 10. The molecule has 1 saturated carbocycles. The first-order chi connectivity index (χ1) is 20.8. The summed E-state index contributed by atoms with van der Waals surface area (Å²) in [5.74, 6) is -3.33. The minimum absolute atomic E-state index is 0.126. The number of hydrogen-bond donors (Lipinski definition) is 6. The highest BCUT2D eigenvalue weighted by Gasteiger charge is 2.71. The second-order valence-corrected chi connectivity index (χ2v) is 18.7. The van der Waals surface area contributed by atoms with Crippen molar-refractivity contribution in [2.75, 3.05) is 6.61 Å². The Hall–Kier alpha value is -1.96. The van der Waals surface area contributed by atoms with Crippen LogP contribution in [0.1, 0.15) is 78.6 Å². The maximum Gasteiger partial charge on any atom is 0.338 e. The third-order valence-electron chi connectivity index (χ3n) is 11.1. The first-order valence-corrected chi connectivity index (χ1v) is 18.6. The number of ether oxygens (including phenoxy) is 1. The highest BCUT2D eigenvalue weighted by Crippen LogP contribution is 2.58. The molecular formula is C34H54O10Si. The summed E-state index contributed by atoms with van der Waals surface area (Å²) in [7, 11) is -2.52. The molecule has 3 unspecified atom stereocenters. The van der Waals surface area contributed by atoms with Gasteiger partial charge in [-0.15, -0.1) is 0 Å². The minimum Gasteiger partial charge on any atom is -0.455 e. The number of carbonyl (C=O) groups excluding carboxylic acids is 2. The van der Waals surface area contributed by atoms with E-state index in [0.717, 1.165) is 0 Å². The largest absolute Gasteiger partial charge is 0.455 e. The molecule has 0 spiro atoms. The topological polar surface area (TPSA) is 174 Å². The van der Waals surface area contributed by atoms with Crippen molar-refractivity contribution in [1.82, 2.24) is 0 Å². The molecule has 1 aromatic carbocycles. The molecule has 0 aromatic heterocycles. The fraction of sp³-hybridized carbons (Fsp3) is 0.706. The number of aliphatic hydroxyl groups is 6. The number of ketones is 1. The second kappa shape index (κ2) is 13.6. The van der Waals surface area contributed by atoms with E-state index in [0.29, 0.717) is 23.7 Å². The van der Waals surface area contributed by atoms with Gasteiger partial charge >= 0.3 is 5.97 Å². The highest BCUT2D eigenvalue weighted by molar-refractivity contribution is 6.73. The summed E-state index contributed by atoms with van der Waals surface area (Å²) in [5, 5.41) is 69.4. The van der Waals surface area contributed by atoms with E-state index in [1.54, 1.807) is 45.0 Å². The molecular weight excluding hydrogens is 596 g/mol. The van der Waals surface area contributed by atoms with Crippen LogP contribution >= 0.6 is 0 Å². The predicted octanol–water partition coefficient (Wildman–Crippen LogP) is 3.13. The van der Waals surface area contributed by atoms with Gasteiger partial charge in [-0.2, -0.15) is 0 Å². The Bertz CT molecular complexity index is 1220. The Balaban J connectivity index is 2.42. The summed E-state index contributed by atoms with van der Waals surface area (Å²) in [6, 6.07) is 10.1. The van der Waals surface area contributed by atoms with Crippen LogP contribution in [-0.4, -0.2) is 99.0 Å². The Kier molecular flexibility index (Phi) is 11.4.